The van der Waals surface area contributed by atoms with E-state index >= 15 is 0 Å². The van der Waals surface area contributed by atoms with Crippen molar-refractivity contribution < 1.29 is 4.79 Å². The van der Waals surface area contributed by atoms with Crippen LogP contribution in [0.25, 0.3) is 16.6 Å². The van der Waals surface area contributed by atoms with Crippen molar-refractivity contribution in [2.45, 2.75) is 19.9 Å². The molecule has 1 aromatic carbocycles. The summed E-state index contributed by atoms with van der Waals surface area (Å²) >= 11 is 0. The number of benzene rings is 1. The normalized spacial score (nSPS) is 15.0. The summed E-state index contributed by atoms with van der Waals surface area (Å²) in [4.78, 5) is 33.9. The van der Waals surface area contributed by atoms with E-state index in [4.69, 9.17) is 5.41 Å². The number of hydrogen-bond acceptors (Lipinski definition) is 5. The number of amides is 2. The molecule has 1 saturated heterocycles. The van der Waals surface area contributed by atoms with Gasteiger partial charge in [0.2, 0.25) is 0 Å². The number of H-pyrrole nitrogens is 1. The molecule has 0 saturated carbocycles. The van der Waals surface area contributed by atoms with Crippen LogP contribution in [0.15, 0.2) is 41.3 Å². The number of fused-ring (bicyclic) bond motifs is 1. The van der Waals surface area contributed by atoms with E-state index in [-0.39, 0.29) is 17.4 Å². The van der Waals surface area contributed by atoms with Crippen LogP contribution in [0.4, 0.5) is 10.6 Å². The summed E-state index contributed by atoms with van der Waals surface area (Å²) < 4.78 is 1.41. The first kappa shape index (κ1) is 19.8. The molecule has 9 heteroatoms. The molecule has 4 rings (SSSR count). The third-order valence-electron chi connectivity index (χ3n) is 5.49. The topological polar surface area (TPSA) is 110 Å². The largest absolute Gasteiger partial charge is 0.323 e. The number of urea groups is 1. The molecule has 3 heterocycles. The molecule has 3 aromatic rings. The van der Waals surface area contributed by atoms with Crippen LogP contribution >= 0.6 is 0 Å². The van der Waals surface area contributed by atoms with Gasteiger partial charge in [0.25, 0.3) is 5.56 Å². The monoisotopic (exact) mass is 407 g/mol. The van der Waals surface area contributed by atoms with Crippen LogP contribution in [-0.2, 0) is 0 Å². The second-order valence-electron chi connectivity index (χ2n) is 7.59. The van der Waals surface area contributed by atoms with Gasteiger partial charge in [-0.1, -0.05) is 18.2 Å². The third-order valence-corrected chi connectivity index (χ3v) is 5.49. The lowest BCUT2D eigenvalue weighted by atomic mass is 10.2. The van der Waals surface area contributed by atoms with Crippen LogP contribution in [0.1, 0.15) is 19.4 Å². The Hall–Kier alpha value is -3.46. The zero-order chi connectivity index (χ0) is 21.3. The molecule has 2 amide bonds. The van der Waals surface area contributed by atoms with E-state index in [0.717, 1.165) is 19.3 Å². The number of aromatic nitrogens is 3. The standard InChI is InChI=1S/C21H25N7O2/c1-14(2)26-8-10-27(11-9-26)21(30)24-19-16(12-22)18-17(13-23-19)20(29)28(25-18)15-6-4-3-5-7-15/h3-7,12-14,22,25H,8-11H2,1-2H3,(H,23,24,30). The number of rotatable bonds is 4. The van der Waals surface area contributed by atoms with Crippen LogP contribution in [0.5, 0.6) is 0 Å². The van der Waals surface area contributed by atoms with Crippen molar-refractivity contribution in [1.29, 1.82) is 5.41 Å². The smallest absolute Gasteiger partial charge is 0.322 e. The molecule has 3 N–H and O–H groups in total. The van der Waals surface area contributed by atoms with Gasteiger partial charge in [-0.05, 0) is 26.0 Å². The van der Waals surface area contributed by atoms with Gasteiger partial charge < -0.3 is 10.3 Å². The highest BCUT2D eigenvalue weighted by molar-refractivity contribution is 6.04. The number of carbonyl (C=O) groups excluding carboxylic acids is 1. The minimum absolute atomic E-state index is 0.252. The highest BCUT2D eigenvalue weighted by Crippen LogP contribution is 2.20. The van der Waals surface area contributed by atoms with Gasteiger partial charge in [-0.2, -0.15) is 0 Å². The summed E-state index contributed by atoms with van der Waals surface area (Å²) in [5.41, 5.74) is 1.26. The molecule has 30 heavy (non-hydrogen) atoms. The molecule has 0 spiro atoms. The second kappa shape index (κ2) is 8.11. The molecular formula is C21H25N7O2. The Morgan fingerprint density at radius 3 is 2.53 bits per heavy atom. The van der Waals surface area contributed by atoms with E-state index in [9.17, 15) is 9.59 Å². The fourth-order valence-electron chi connectivity index (χ4n) is 3.71. The molecule has 0 aliphatic carbocycles. The predicted octanol–water partition coefficient (Wildman–Crippen LogP) is 2.27. The first-order valence-electron chi connectivity index (χ1n) is 9.99. The maximum absolute atomic E-state index is 12.8. The van der Waals surface area contributed by atoms with Crippen LogP contribution < -0.4 is 10.9 Å². The van der Waals surface area contributed by atoms with E-state index in [2.05, 4.69) is 34.1 Å². The van der Waals surface area contributed by atoms with Gasteiger partial charge in [0.15, 0.2) is 0 Å². The SMILES string of the molecule is CC(C)N1CCN(C(=O)Nc2ncc3c(=O)n(-c4ccccc4)[nH]c3c2C=N)CC1. The Balaban J connectivity index is 1.62. The van der Waals surface area contributed by atoms with E-state index in [1.54, 1.807) is 4.90 Å². The summed E-state index contributed by atoms with van der Waals surface area (Å²) in [6.45, 7) is 7.20. The first-order chi connectivity index (χ1) is 14.5. The third kappa shape index (κ3) is 3.59. The molecule has 9 nitrogen and oxygen atoms in total. The molecule has 0 atom stereocenters. The lowest BCUT2D eigenvalue weighted by Crippen LogP contribution is -2.51. The van der Waals surface area contributed by atoms with Gasteiger partial charge in [0.05, 0.1) is 22.2 Å². The van der Waals surface area contributed by atoms with Gasteiger partial charge in [-0.3, -0.25) is 20.1 Å². The zero-order valence-electron chi connectivity index (χ0n) is 17.1. The number of nitrogens with zero attached hydrogens (tertiary/aromatic N) is 4. The lowest BCUT2D eigenvalue weighted by Gasteiger charge is -2.36. The van der Waals surface area contributed by atoms with E-state index < -0.39 is 0 Å². The second-order valence-corrected chi connectivity index (χ2v) is 7.59. The van der Waals surface area contributed by atoms with Crippen molar-refractivity contribution in [3.63, 3.8) is 0 Å². The predicted molar refractivity (Wildman–Crippen MR) is 117 cm³/mol. The highest BCUT2D eigenvalue weighted by atomic mass is 16.2. The van der Waals surface area contributed by atoms with E-state index in [1.807, 2.05) is 30.3 Å². The first-order valence-corrected chi connectivity index (χ1v) is 9.99. The summed E-state index contributed by atoms with van der Waals surface area (Å²) in [5, 5.41) is 14.1. The Morgan fingerprint density at radius 2 is 1.90 bits per heavy atom. The van der Waals surface area contributed by atoms with Gasteiger partial charge in [-0.15, -0.1) is 0 Å². The van der Waals surface area contributed by atoms with E-state index in [0.29, 0.717) is 41.3 Å². The number of hydrogen-bond donors (Lipinski definition) is 3. The van der Waals surface area contributed by atoms with Gasteiger partial charge >= 0.3 is 6.03 Å². The van der Waals surface area contributed by atoms with Crippen molar-refractivity contribution in [3.8, 4) is 5.69 Å². The molecule has 2 aromatic heterocycles. The summed E-state index contributed by atoms with van der Waals surface area (Å²) in [6.07, 6.45) is 2.54. The molecule has 0 unspecified atom stereocenters. The molecule has 0 bridgehead atoms. The number of nitrogens with one attached hydrogen (secondary N) is 3. The molecular weight excluding hydrogens is 382 g/mol. The number of para-hydroxylation sites is 1. The van der Waals surface area contributed by atoms with Crippen molar-refractivity contribution in [3.05, 3.63) is 52.4 Å². The molecule has 156 valence electrons. The van der Waals surface area contributed by atoms with Crippen LogP contribution in [-0.4, -0.2) is 69.0 Å². The number of piperazine rings is 1. The average molecular weight is 407 g/mol. The van der Waals surface area contributed by atoms with Crippen LogP contribution in [0.3, 0.4) is 0 Å². The zero-order valence-corrected chi connectivity index (χ0v) is 17.1. The molecule has 1 aliphatic heterocycles. The Morgan fingerprint density at radius 1 is 1.20 bits per heavy atom. The quantitative estimate of drug-likeness (QED) is 0.576. The number of pyridine rings is 1. The minimum atomic E-state index is -0.255. The molecule has 0 radical (unpaired) electrons. The maximum atomic E-state index is 12.8. The van der Waals surface area contributed by atoms with Crippen molar-refractivity contribution >= 4 is 29.0 Å². The highest BCUT2D eigenvalue weighted by Gasteiger charge is 2.24. The Labute approximate surface area is 173 Å². The van der Waals surface area contributed by atoms with Gasteiger partial charge in [0, 0.05) is 44.6 Å². The molecule has 1 fully saturated rings. The molecule has 1 aliphatic rings. The average Bonchev–Trinajstić information content (AvgIpc) is 3.10. The number of carbonyl (C=O) groups is 1. The fourth-order valence-corrected chi connectivity index (χ4v) is 3.71. The summed E-state index contributed by atoms with van der Waals surface area (Å²) in [5.74, 6) is 0.259. The van der Waals surface area contributed by atoms with Crippen LogP contribution in [0, 0.1) is 5.41 Å². The minimum Gasteiger partial charge on any atom is -0.322 e. The number of aromatic amines is 1. The summed E-state index contributed by atoms with van der Waals surface area (Å²) in [6, 6.07) is 9.38. The van der Waals surface area contributed by atoms with Crippen molar-refractivity contribution in [2.75, 3.05) is 31.5 Å². The van der Waals surface area contributed by atoms with Crippen LogP contribution in [0.2, 0.25) is 0 Å². The van der Waals surface area contributed by atoms with Crippen molar-refractivity contribution in [2.24, 2.45) is 0 Å². The van der Waals surface area contributed by atoms with Gasteiger partial charge in [-0.25, -0.2) is 14.5 Å². The summed E-state index contributed by atoms with van der Waals surface area (Å²) in [7, 11) is 0. The number of anilines is 1. The Kier molecular flexibility index (Phi) is 5.37. The van der Waals surface area contributed by atoms with Crippen molar-refractivity contribution in [1.82, 2.24) is 24.6 Å². The lowest BCUT2D eigenvalue weighted by molar-refractivity contribution is 0.125. The Bertz CT molecular complexity index is 1130. The maximum Gasteiger partial charge on any atom is 0.323 e. The fraction of sp³-hybridized carbons (Fsp3) is 0.333. The van der Waals surface area contributed by atoms with E-state index in [1.165, 1.54) is 10.9 Å². The van der Waals surface area contributed by atoms with Gasteiger partial charge in [0.1, 0.15) is 5.82 Å².